The number of hydrogen-bond donors (Lipinski definition) is 2. The zero-order valence-electron chi connectivity index (χ0n) is 10.3. The average molecular weight is 270 g/mol. The van der Waals surface area contributed by atoms with Gasteiger partial charge in [0.2, 0.25) is 0 Å². The fraction of sp³-hybridized carbons (Fsp3) is 0.600. The van der Waals surface area contributed by atoms with Crippen LogP contribution in [0.3, 0.4) is 0 Å². The van der Waals surface area contributed by atoms with E-state index >= 15 is 0 Å². The predicted octanol–water partition coefficient (Wildman–Crippen LogP) is 0.426. The Morgan fingerprint density at radius 1 is 1.68 bits per heavy atom. The quantitative estimate of drug-likeness (QED) is 0.590. The monoisotopic (exact) mass is 270 g/mol. The molecule has 1 aliphatic heterocycles. The van der Waals surface area contributed by atoms with Gasteiger partial charge in [-0.15, -0.1) is 0 Å². The van der Waals surface area contributed by atoms with Crippen molar-refractivity contribution in [2.75, 3.05) is 18.1 Å². The molecular formula is C10H14N4O5. The molecule has 0 radical (unpaired) electrons. The van der Waals surface area contributed by atoms with Crippen molar-refractivity contribution in [2.24, 2.45) is 0 Å². The molecule has 9 nitrogen and oxygen atoms in total. The smallest absolute Gasteiger partial charge is 0.356 e. The Balaban J connectivity index is 2.42. The van der Waals surface area contributed by atoms with Gasteiger partial charge in [-0.2, -0.15) is 0 Å². The zero-order chi connectivity index (χ0) is 14.0. The molecule has 2 rings (SSSR count). The van der Waals surface area contributed by atoms with Crippen molar-refractivity contribution in [1.82, 2.24) is 10.5 Å². The molecule has 1 unspecified atom stereocenters. The average Bonchev–Trinajstić information content (AvgIpc) is 2.93. The van der Waals surface area contributed by atoms with E-state index in [4.69, 9.17) is 9.63 Å². The van der Waals surface area contributed by atoms with Crippen LogP contribution in [-0.4, -0.2) is 40.4 Å². The Labute approximate surface area is 108 Å². The number of hydrogen-bond acceptors (Lipinski definition) is 6. The SMILES string of the molecule is CCc1noc(N2C(=O)NCC2CCO)c1[N+](=O)[O-]. The Bertz CT molecular complexity index is 500. The van der Waals surface area contributed by atoms with Crippen LogP contribution < -0.4 is 10.2 Å². The summed E-state index contributed by atoms with van der Waals surface area (Å²) in [6, 6.07) is -0.866. The van der Waals surface area contributed by atoms with E-state index in [1.165, 1.54) is 0 Å². The first kappa shape index (κ1) is 13.3. The van der Waals surface area contributed by atoms with Gasteiger partial charge in [0.15, 0.2) is 5.69 Å². The van der Waals surface area contributed by atoms with Crippen molar-refractivity contribution in [2.45, 2.75) is 25.8 Å². The minimum Gasteiger partial charge on any atom is -0.396 e. The van der Waals surface area contributed by atoms with Gasteiger partial charge >= 0.3 is 17.6 Å². The van der Waals surface area contributed by atoms with Crippen molar-refractivity contribution in [3.63, 3.8) is 0 Å². The first-order valence-corrected chi connectivity index (χ1v) is 5.91. The number of urea groups is 1. The van der Waals surface area contributed by atoms with Crippen LogP contribution in [-0.2, 0) is 6.42 Å². The van der Waals surface area contributed by atoms with Gasteiger partial charge in [0, 0.05) is 13.2 Å². The molecule has 1 aromatic rings. The van der Waals surface area contributed by atoms with Crippen LogP contribution in [0.4, 0.5) is 16.4 Å². The molecule has 9 heteroatoms. The molecule has 1 saturated heterocycles. The molecule has 0 aliphatic carbocycles. The van der Waals surface area contributed by atoms with Gasteiger partial charge in [0.05, 0.1) is 11.0 Å². The molecule has 104 valence electrons. The summed E-state index contributed by atoms with van der Waals surface area (Å²) in [5.41, 5.74) is -0.0926. The van der Waals surface area contributed by atoms with Gasteiger partial charge in [-0.3, -0.25) is 15.0 Å². The van der Waals surface area contributed by atoms with Crippen LogP contribution in [0.2, 0.25) is 0 Å². The minimum absolute atomic E-state index is 0.126. The molecule has 2 heterocycles. The normalized spacial score (nSPS) is 18.7. The first-order chi connectivity index (χ1) is 9.10. The molecule has 2 N–H and O–H groups in total. The number of aliphatic hydroxyl groups is 1. The second kappa shape index (κ2) is 5.22. The van der Waals surface area contributed by atoms with Gasteiger partial charge in [0.1, 0.15) is 0 Å². The maximum atomic E-state index is 11.8. The van der Waals surface area contributed by atoms with E-state index in [2.05, 4.69) is 10.5 Å². The molecular weight excluding hydrogens is 256 g/mol. The highest BCUT2D eigenvalue weighted by atomic mass is 16.6. The van der Waals surface area contributed by atoms with Crippen LogP contribution >= 0.6 is 0 Å². The van der Waals surface area contributed by atoms with E-state index in [-0.39, 0.29) is 29.9 Å². The van der Waals surface area contributed by atoms with Crippen LogP contribution in [0, 0.1) is 10.1 Å². The number of nitrogens with one attached hydrogen (secondary N) is 1. The summed E-state index contributed by atoms with van der Waals surface area (Å²) < 4.78 is 4.97. The summed E-state index contributed by atoms with van der Waals surface area (Å²) in [6.07, 6.45) is 0.637. The van der Waals surface area contributed by atoms with Crippen molar-refractivity contribution in [3.8, 4) is 0 Å². The zero-order valence-corrected chi connectivity index (χ0v) is 10.3. The van der Waals surface area contributed by atoms with Crippen molar-refractivity contribution in [1.29, 1.82) is 0 Å². The third-order valence-electron chi connectivity index (χ3n) is 2.99. The van der Waals surface area contributed by atoms with Gasteiger partial charge in [0.25, 0.3) is 0 Å². The highest BCUT2D eigenvalue weighted by Crippen LogP contribution is 2.35. The molecule has 0 bridgehead atoms. The van der Waals surface area contributed by atoms with Crippen LogP contribution in [0.1, 0.15) is 19.0 Å². The number of aliphatic hydroxyl groups excluding tert-OH is 1. The van der Waals surface area contributed by atoms with Crippen molar-refractivity contribution < 1.29 is 19.3 Å². The molecule has 2 amide bonds. The maximum absolute atomic E-state index is 11.8. The fourth-order valence-corrected chi connectivity index (χ4v) is 2.07. The lowest BCUT2D eigenvalue weighted by Crippen LogP contribution is -2.34. The second-order valence-electron chi connectivity index (χ2n) is 4.12. The van der Waals surface area contributed by atoms with Gasteiger partial charge in [-0.1, -0.05) is 12.1 Å². The second-order valence-corrected chi connectivity index (χ2v) is 4.12. The minimum atomic E-state index is -0.605. The Morgan fingerprint density at radius 3 is 3.00 bits per heavy atom. The Kier molecular flexibility index (Phi) is 3.65. The topological polar surface area (TPSA) is 122 Å². The molecule has 1 aromatic heterocycles. The fourth-order valence-electron chi connectivity index (χ4n) is 2.07. The lowest BCUT2D eigenvalue weighted by atomic mass is 10.2. The first-order valence-electron chi connectivity index (χ1n) is 5.91. The van der Waals surface area contributed by atoms with Gasteiger partial charge in [-0.25, -0.2) is 4.79 Å². The number of anilines is 1. The molecule has 1 aliphatic rings. The maximum Gasteiger partial charge on any atom is 0.356 e. The number of aryl methyl sites for hydroxylation is 1. The summed E-state index contributed by atoms with van der Waals surface area (Å²) in [7, 11) is 0. The van der Waals surface area contributed by atoms with E-state index in [0.29, 0.717) is 19.4 Å². The largest absolute Gasteiger partial charge is 0.396 e. The number of rotatable bonds is 5. The summed E-state index contributed by atoms with van der Waals surface area (Å²) in [6.45, 7) is 1.89. The summed E-state index contributed by atoms with van der Waals surface area (Å²) in [5.74, 6) is -0.171. The number of amides is 2. The standard InChI is InChI=1S/C10H14N4O5/c1-2-7-8(14(17)18)9(19-12-7)13-6(3-4-15)5-11-10(13)16/h6,15H,2-5H2,1H3,(H,11,16). The third-order valence-corrected chi connectivity index (χ3v) is 2.99. The number of aromatic nitrogens is 1. The Morgan fingerprint density at radius 2 is 2.42 bits per heavy atom. The number of carbonyl (C=O) groups excluding carboxylic acids is 1. The number of carbonyl (C=O) groups is 1. The summed E-state index contributed by atoms with van der Waals surface area (Å²) in [4.78, 5) is 23.4. The van der Waals surface area contributed by atoms with E-state index < -0.39 is 11.0 Å². The van der Waals surface area contributed by atoms with Crippen LogP contribution in [0.15, 0.2) is 4.52 Å². The van der Waals surface area contributed by atoms with E-state index in [9.17, 15) is 14.9 Å². The summed E-state index contributed by atoms with van der Waals surface area (Å²) >= 11 is 0. The Hall–Kier alpha value is -2.16. The molecule has 0 saturated carbocycles. The van der Waals surface area contributed by atoms with Crippen molar-refractivity contribution >= 4 is 17.6 Å². The van der Waals surface area contributed by atoms with E-state index in [1.54, 1.807) is 6.92 Å². The van der Waals surface area contributed by atoms with E-state index in [1.807, 2.05) is 0 Å². The van der Waals surface area contributed by atoms with Crippen LogP contribution in [0.5, 0.6) is 0 Å². The van der Waals surface area contributed by atoms with Crippen LogP contribution in [0.25, 0.3) is 0 Å². The van der Waals surface area contributed by atoms with Gasteiger partial charge in [-0.05, 0) is 12.8 Å². The molecule has 0 aromatic carbocycles. The lowest BCUT2D eigenvalue weighted by molar-refractivity contribution is -0.385. The van der Waals surface area contributed by atoms with Crippen molar-refractivity contribution in [3.05, 3.63) is 15.8 Å². The molecule has 0 spiro atoms. The van der Waals surface area contributed by atoms with Gasteiger partial charge < -0.3 is 14.9 Å². The van der Waals surface area contributed by atoms with E-state index in [0.717, 1.165) is 4.90 Å². The highest BCUT2D eigenvalue weighted by molar-refractivity contribution is 5.95. The lowest BCUT2D eigenvalue weighted by Gasteiger charge is -2.17. The number of nitro groups is 1. The summed E-state index contributed by atoms with van der Waals surface area (Å²) in [5, 5.41) is 26.2. The molecule has 1 atom stereocenters. The third kappa shape index (κ3) is 2.24. The highest BCUT2D eigenvalue weighted by Gasteiger charge is 2.40. The molecule has 1 fully saturated rings. The predicted molar refractivity (Wildman–Crippen MR) is 63.9 cm³/mol. The number of nitrogens with zero attached hydrogens (tertiary/aromatic N) is 3. The molecule has 19 heavy (non-hydrogen) atoms.